The van der Waals surface area contributed by atoms with Crippen LogP contribution in [0.4, 0.5) is 5.69 Å². The van der Waals surface area contributed by atoms with Crippen molar-refractivity contribution >= 4 is 11.6 Å². The molecule has 1 saturated heterocycles. The molecule has 1 aromatic carbocycles. The van der Waals surface area contributed by atoms with E-state index >= 15 is 0 Å². The molecule has 2 N–H and O–H groups in total. The zero-order valence-corrected chi connectivity index (χ0v) is 10.2. The maximum Gasteiger partial charge on any atom is 0.233 e. The van der Waals surface area contributed by atoms with E-state index in [4.69, 9.17) is 15.7 Å². The van der Waals surface area contributed by atoms with Gasteiger partial charge in [-0.3, -0.25) is 4.79 Å². The van der Waals surface area contributed by atoms with E-state index in [1.54, 1.807) is 31.3 Å². The maximum absolute atomic E-state index is 12.2. The van der Waals surface area contributed by atoms with E-state index in [1.165, 1.54) is 4.90 Å². The second kappa shape index (κ2) is 5.17. The molecule has 0 bridgehead atoms. The number of ether oxygens (including phenoxy) is 1. The molecular formula is C13H15N3O2. The third-order valence-electron chi connectivity index (χ3n) is 3.13. The lowest BCUT2D eigenvalue weighted by Gasteiger charge is -2.22. The number of hydrogen-bond acceptors (Lipinski definition) is 4. The van der Waals surface area contributed by atoms with Gasteiger partial charge in [0.25, 0.3) is 0 Å². The molecule has 1 amide bonds. The van der Waals surface area contributed by atoms with Crippen molar-refractivity contribution in [3.63, 3.8) is 0 Å². The molecule has 1 fully saturated rings. The molecule has 0 aliphatic carbocycles. The summed E-state index contributed by atoms with van der Waals surface area (Å²) in [5.74, 6) is -0.379. The van der Waals surface area contributed by atoms with Gasteiger partial charge in [0.1, 0.15) is 0 Å². The van der Waals surface area contributed by atoms with Crippen molar-refractivity contribution < 1.29 is 9.53 Å². The number of anilines is 1. The van der Waals surface area contributed by atoms with E-state index in [0.29, 0.717) is 24.5 Å². The predicted octanol–water partition coefficient (Wildman–Crippen LogP) is 0.495. The third kappa shape index (κ3) is 2.35. The highest BCUT2D eigenvalue weighted by atomic mass is 16.5. The monoisotopic (exact) mass is 245 g/mol. The summed E-state index contributed by atoms with van der Waals surface area (Å²) < 4.78 is 5.20. The number of nitriles is 1. The Hall–Kier alpha value is -1.90. The van der Waals surface area contributed by atoms with Gasteiger partial charge in [-0.05, 0) is 18.2 Å². The molecule has 18 heavy (non-hydrogen) atoms. The van der Waals surface area contributed by atoms with Crippen molar-refractivity contribution in [2.45, 2.75) is 6.04 Å². The first-order valence-electron chi connectivity index (χ1n) is 5.74. The van der Waals surface area contributed by atoms with E-state index in [2.05, 4.69) is 6.07 Å². The first-order chi connectivity index (χ1) is 8.63. The van der Waals surface area contributed by atoms with E-state index in [0.717, 1.165) is 0 Å². The molecule has 2 rings (SSSR count). The van der Waals surface area contributed by atoms with Crippen molar-refractivity contribution in [1.29, 1.82) is 5.26 Å². The van der Waals surface area contributed by atoms with E-state index < -0.39 is 0 Å². The minimum atomic E-state index is -0.305. The maximum atomic E-state index is 12.2. The number of rotatable bonds is 2. The van der Waals surface area contributed by atoms with Gasteiger partial charge in [0.05, 0.1) is 30.8 Å². The van der Waals surface area contributed by atoms with Gasteiger partial charge in [0.2, 0.25) is 5.91 Å². The highest BCUT2D eigenvalue weighted by Gasteiger charge is 2.33. The second-order valence-corrected chi connectivity index (χ2v) is 4.37. The summed E-state index contributed by atoms with van der Waals surface area (Å²) in [4.78, 5) is 13.8. The molecule has 5 nitrogen and oxygen atoms in total. The van der Waals surface area contributed by atoms with Gasteiger partial charge in [-0.2, -0.15) is 5.26 Å². The van der Waals surface area contributed by atoms with Gasteiger partial charge < -0.3 is 15.4 Å². The van der Waals surface area contributed by atoms with E-state index in [-0.39, 0.29) is 17.9 Å². The molecule has 94 valence electrons. The highest BCUT2D eigenvalue weighted by Crippen LogP contribution is 2.20. The van der Waals surface area contributed by atoms with Crippen LogP contribution in [0, 0.1) is 17.2 Å². The van der Waals surface area contributed by atoms with Gasteiger partial charge in [-0.1, -0.05) is 6.07 Å². The van der Waals surface area contributed by atoms with Crippen LogP contribution in [0.15, 0.2) is 24.3 Å². The molecule has 1 heterocycles. The summed E-state index contributed by atoms with van der Waals surface area (Å²) in [7, 11) is 1.68. The summed E-state index contributed by atoms with van der Waals surface area (Å²) in [6.45, 7) is 0.783. The Morgan fingerprint density at radius 3 is 2.94 bits per heavy atom. The van der Waals surface area contributed by atoms with Crippen LogP contribution in [-0.2, 0) is 9.53 Å². The minimum absolute atomic E-state index is 0.0740. The Labute approximate surface area is 106 Å². The number of nitrogens with zero attached hydrogens (tertiary/aromatic N) is 2. The molecule has 0 spiro atoms. The number of nitrogens with two attached hydrogens (primary N) is 1. The fourth-order valence-corrected chi connectivity index (χ4v) is 1.99. The van der Waals surface area contributed by atoms with Crippen LogP contribution in [0.1, 0.15) is 5.56 Å². The normalized spacial score (nSPS) is 22.5. The lowest BCUT2D eigenvalue weighted by atomic mass is 10.0. The van der Waals surface area contributed by atoms with Gasteiger partial charge >= 0.3 is 0 Å². The average molecular weight is 245 g/mol. The van der Waals surface area contributed by atoms with Crippen LogP contribution in [0.3, 0.4) is 0 Å². The number of amides is 1. The minimum Gasteiger partial charge on any atom is -0.379 e. The van der Waals surface area contributed by atoms with Crippen molar-refractivity contribution in [3.8, 4) is 6.07 Å². The summed E-state index contributed by atoms with van der Waals surface area (Å²) in [6.07, 6.45) is 0. The first-order valence-corrected chi connectivity index (χ1v) is 5.74. The van der Waals surface area contributed by atoms with Gasteiger partial charge in [0.15, 0.2) is 0 Å². The van der Waals surface area contributed by atoms with Crippen molar-refractivity contribution in [2.24, 2.45) is 11.7 Å². The average Bonchev–Trinajstić information content (AvgIpc) is 2.83. The Kier molecular flexibility index (Phi) is 3.60. The molecule has 0 saturated carbocycles. The van der Waals surface area contributed by atoms with Crippen LogP contribution in [0.5, 0.6) is 0 Å². The fourth-order valence-electron chi connectivity index (χ4n) is 1.99. The van der Waals surface area contributed by atoms with Crippen LogP contribution in [-0.4, -0.2) is 32.2 Å². The van der Waals surface area contributed by atoms with Gasteiger partial charge in [0, 0.05) is 18.8 Å². The predicted molar refractivity (Wildman–Crippen MR) is 66.9 cm³/mol. The molecular weight excluding hydrogens is 230 g/mol. The first kappa shape index (κ1) is 12.6. The third-order valence-corrected chi connectivity index (χ3v) is 3.13. The lowest BCUT2D eigenvalue weighted by molar-refractivity contribution is -0.122. The van der Waals surface area contributed by atoms with E-state index in [9.17, 15) is 4.79 Å². The Morgan fingerprint density at radius 2 is 2.33 bits per heavy atom. The van der Waals surface area contributed by atoms with Crippen LogP contribution < -0.4 is 10.6 Å². The molecule has 0 radical (unpaired) electrons. The zero-order valence-electron chi connectivity index (χ0n) is 10.2. The van der Waals surface area contributed by atoms with Gasteiger partial charge in [-0.25, -0.2) is 0 Å². The Morgan fingerprint density at radius 1 is 1.56 bits per heavy atom. The standard InChI is InChI=1S/C13H15N3O2/c1-16(10-4-2-3-9(5-10)6-14)13(17)11-7-18-8-12(11)15/h2-5,11-12H,7-8,15H2,1H3. The quantitative estimate of drug-likeness (QED) is 0.822. The number of benzene rings is 1. The topological polar surface area (TPSA) is 79.3 Å². The zero-order chi connectivity index (χ0) is 13.1. The molecule has 5 heteroatoms. The SMILES string of the molecule is CN(C(=O)C1COCC1N)c1cccc(C#N)c1. The van der Waals surface area contributed by atoms with Crippen molar-refractivity contribution in [2.75, 3.05) is 25.2 Å². The van der Waals surface area contributed by atoms with Crippen molar-refractivity contribution in [1.82, 2.24) is 0 Å². The van der Waals surface area contributed by atoms with Crippen LogP contribution >= 0.6 is 0 Å². The van der Waals surface area contributed by atoms with E-state index in [1.807, 2.05) is 0 Å². The molecule has 1 aliphatic heterocycles. The smallest absolute Gasteiger partial charge is 0.233 e. The van der Waals surface area contributed by atoms with Gasteiger partial charge in [-0.15, -0.1) is 0 Å². The molecule has 2 unspecified atom stereocenters. The molecule has 0 aromatic heterocycles. The Bertz CT molecular complexity index is 495. The molecule has 1 aromatic rings. The number of carbonyl (C=O) groups is 1. The summed E-state index contributed by atoms with van der Waals surface area (Å²) >= 11 is 0. The van der Waals surface area contributed by atoms with Crippen molar-refractivity contribution in [3.05, 3.63) is 29.8 Å². The molecule has 2 atom stereocenters. The summed E-state index contributed by atoms with van der Waals surface area (Å²) in [5.41, 5.74) is 7.05. The number of hydrogen-bond donors (Lipinski definition) is 1. The molecule has 1 aliphatic rings. The highest BCUT2D eigenvalue weighted by molar-refractivity contribution is 5.95. The number of carbonyl (C=O) groups excluding carboxylic acids is 1. The fraction of sp³-hybridized carbons (Fsp3) is 0.385. The second-order valence-electron chi connectivity index (χ2n) is 4.37. The lowest BCUT2D eigenvalue weighted by Crippen LogP contribution is -2.42. The Balaban J connectivity index is 2.17. The summed E-state index contributed by atoms with van der Waals surface area (Å²) in [5, 5.41) is 8.84. The largest absolute Gasteiger partial charge is 0.379 e. The van der Waals surface area contributed by atoms with Crippen LogP contribution in [0.2, 0.25) is 0 Å². The summed E-state index contributed by atoms with van der Waals surface area (Å²) in [6, 6.07) is 8.73. The van der Waals surface area contributed by atoms with Crippen LogP contribution in [0.25, 0.3) is 0 Å².